The normalized spacial score (nSPS) is 18.9. The third kappa shape index (κ3) is 2.77. The van der Waals surface area contributed by atoms with Gasteiger partial charge in [0, 0.05) is 37.3 Å². The van der Waals surface area contributed by atoms with Gasteiger partial charge in [0.1, 0.15) is 0 Å². The van der Waals surface area contributed by atoms with Crippen LogP contribution in [0.3, 0.4) is 0 Å². The van der Waals surface area contributed by atoms with E-state index in [1.54, 1.807) is 12.1 Å². The smallest absolute Gasteiger partial charge is 0.303 e. The predicted octanol–water partition coefficient (Wildman–Crippen LogP) is 1.90. The second kappa shape index (κ2) is 5.03. The van der Waals surface area contributed by atoms with Crippen LogP contribution in [0, 0.1) is 16.0 Å². The fourth-order valence-corrected chi connectivity index (χ4v) is 2.27. The Balaban J connectivity index is 2.01. The van der Waals surface area contributed by atoms with Crippen molar-refractivity contribution in [2.24, 2.45) is 5.92 Å². The number of hydrogen-bond donors (Lipinski definition) is 1. The van der Waals surface area contributed by atoms with E-state index in [1.807, 2.05) is 0 Å². The molecular weight excluding hydrogens is 236 g/mol. The molecule has 1 fully saturated rings. The van der Waals surface area contributed by atoms with Gasteiger partial charge < -0.3 is 10.0 Å². The number of aliphatic carboxylic acids is 1. The first-order valence-electron chi connectivity index (χ1n) is 5.77. The number of nitro benzene ring substituents is 1. The van der Waals surface area contributed by atoms with Crippen LogP contribution in [-0.4, -0.2) is 29.1 Å². The molecule has 1 saturated heterocycles. The lowest BCUT2D eigenvalue weighted by molar-refractivity contribution is -0.384. The molecule has 0 amide bonds. The van der Waals surface area contributed by atoms with Gasteiger partial charge >= 0.3 is 5.97 Å². The van der Waals surface area contributed by atoms with Crippen molar-refractivity contribution in [1.82, 2.24) is 0 Å². The first-order chi connectivity index (χ1) is 8.56. The van der Waals surface area contributed by atoms with Crippen LogP contribution in [0.1, 0.15) is 12.8 Å². The fraction of sp³-hybridized carbons (Fsp3) is 0.417. The summed E-state index contributed by atoms with van der Waals surface area (Å²) < 4.78 is 0. The molecule has 1 aromatic rings. The second-order valence-corrected chi connectivity index (χ2v) is 4.47. The monoisotopic (exact) mass is 250 g/mol. The van der Waals surface area contributed by atoms with Crippen molar-refractivity contribution in [2.75, 3.05) is 18.0 Å². The Kier molecular flexibility index (Phi) is 3.45. The maximum Gasteiger partial charge on any atom is 0.303 e. The number of rotatable bonds is 4. The lowest BCUT2D eigenvalue weighted by Gasteiger charge is -2.18. The van der Waals surface area contributed by atoms with E-state index in [2.05, 4.69) is 4.90 Å². The van der Waals surface area contributed by atoms with Crippen molar-refractivity contribution < 1.29 is 14.8 Å². The van der Waals surface area contributed by atoms with Gasteiger partial charge in [-0.3, -0.25) is 14.9 Å². The van der Waals surface area contributed by atoms with Crippen LogP contribution < -0.4 is 4.90 Å². The van der Waals surface area contributed by atoms with Crippen LogP contribution in [0.5, 0.6) is 0 Å². The Morgan fingerprint density at radius 1 is 1.44 bits per heavy atom. The molecule has 1 aliphatic heterocycles. The van der Waals surface area contributed by atoms with E-state index in [0.717, 1.165) is 18.7 Å². The molecule has 1 aromatic carbocycles. The van der Waals surface area contributed by atoms with Crippen LogP contribution in [-0.2, 0) is 4.79 Å². The highest BCUT2D eigenvalue weighted by Gasteiger charge is 2.24. The zero-order valence-electron chi connectivity index (χ0n) is 9.78. The number of carbonyl (C=O) groups is 1. The largest absolute Gasteiger partial charge is 0.481 e. The molecule has 0 bridgehead atoms. The zero-order chi connectivity index (χ0) is 13.1. The zero-order valence-corrected chi connectivity index (χ0v) is 9.78. The van der Waals surface area contributed by atoms with E-state index in [9.17, 15) is 14.9 Å². The lowest BCUT2D eigenvalue weighted by atomic mass is 10.1. The number of hydrogen-bond acceptors (Lipinski definition) is 4. The number of carboxylic acids is 1. The molecule has 1 aliphatic rings. The van der Waals surface area contributed by atoms with Crippen LogP contribution in [0.25, 0.3) is 0 Å². The van der Waals surface area contributed by atoms with E-state index in [0.29, 0.717) is 6.54 Å². The highest BCUT2D eigenvalue weighted by molar-refractivity contribution is 5.67. The van der Waals surface area contributed by atoms with Gasteiger partial charge in [0.2, 0.25) is 0 Å². The Bertz CT molecular complexity index is 458. The number of nitro groups is 1. The van der Waals surface area contributed by atoms with Gasteiger partial charge in [-0.05, 0) is 24.5 Å². The van der Waals surface area contributed by atoms with Crippen LogP contribution in [0.15, 0.2) is 24.3 Å². The summed E-state index contributed by atoms with van der Waals surface area (Å²) in [7, 11) is 0. The van der Waals surface area contributed by atoms with Crippen molar-refractivity contribution >= 4 is 17.3 Å². The molecule has 2 rings (SSSR count). The van der Waals surface area contributed by atoms with Gasteiger partial charge in [0.25, 0.3) is 5.69 Å². The van der Waals surface area contributed by atoms with Gasteiger partial charge in [-0.15, -0.1) is 0 Å². The first kappa shape index (κ1) is 12.3. The average molecular weight is 250 g/mol. The molecule has 18 heavy (non-hydrogen) atoms. The molecule has 1 unspecified atom stereocenters. The molecule has 6 heteroatoms. The van der Waals surface area contributed by atoms with Crippen LogP contribution in [0.4, 0.5) is 11.4 Å². The molecule has 1 N–H and O–H groups in total. The van der Waals surface area contributed by atoms with Gasteiger partial charge in [-0.1, -0.05) is 0 Å². The van der Waals surface area contributed by atoms with Gasteiger partial charge in [0.15, 0.2) is 0 Å². The average Bonchev–Trinajstić information content (AvgIpc) is 2.76. The molecule has 1 heterocycles. The molecule has 0 aliphatic carbocycles. The van der Waals surface area contributed by atoms with Crippen LogP contribution >= 0.6 is 0 Å². The third-order valence-electron chi connectivity index (χ3n) is 3.17. The Morgan fingerprint density at radius 2 is 2.11 bits per heavy atom. The van der Waals surface area contributed by atoms with Gasteiger partial charge in [-0.2, -0.15) is 0 Å². The maximum absolute atomic E-state index is 10.6. The van der Waals surface area contributed by atoms with E-state index < -0.39 is 10.9 Å². The fourth-order valence-electron chi connectivity index (χ4n) is 2.27. The SMILES string of the molecule is O=C(O)CC1CCN(c2ccc([N+](=O)[O-])cc2)C1. The minimum atomic E-state index is -0.773. The summed E-state index contributed by atoms with van der Waals surface area (Å²) in [6.45, 7) is 1.50. The molecule has 0 saturated carbocycles. The Labute approximate surface area is 104 Å². The van der Waals surface area contributed by atoms with Crippen molar-refractivity contribution in [1.29, 1.82) is 0 Å². The minimum absolute atomic E-state index is 0.0695. The standard InChI is InChI=1S/C12H14N2O4/c15-12(16)7-9-5-6-13(8-9)10-1-3-11(4-2-10)14(17)18/h1-4,9H,5-8H2,(H,15,16). The molecule has 0 aromatic heterocycles. The van der Waals surface area contributed by atoms with Crippen molar-refractivity contribution in [2.45, 2.75) is 12.8 Å². The van der Waals surface area contributed by atoms with Crippen LogP contribution in [0.2, 0.25) is 0 Å². The topological polar surface area (TPSA) is 83.7 Å². The molecule has 0 radical (unpaired) electrons. The van der Waals surface area contributed by atoms with Crippen molar-refractivity contribution in [3.8, 4) is 0 Å². The molecule has 1 atom stereocenters. The van der Waals surface area contributed by atoms with Crippen molar-refractivity contribution in [3.05, 3.63) is 34.4 Å². The summed E-state index contributed by atoms with van der Waals surface area (Å²) >= 11 is 0. The molecule has 0 spiro atoms. The van der Waals surface area contributed by atoms with Crippen molar-refractivity contribution in [3.63, 3.8) is 0 Å². The number of benzene rings is 1. The summed E-state index contributed by atoms with van der Waals surface area (Å²) in [5.74, 6) is -0.608. The van der Waals surface area contributed by atoms with E-state index in [-0.39, 0.29) is 18.0 Å². The summed E-state index contributed by atoms with van der Waals surface area (Å²) in [4.78, 5) is 22.8. The summed E-state index contributed by atoms with van der Waals surface area (Å²) in [5, 5.41) is 19.3. The van der Waals surface area contributed by atoms with E-state index in [1.165, 1.54) is 12.1 Å². The van der Waals surface area contributed by atoms with E-state index >= 15 is 0 Å². The third-order valence-corrected chi connectivity index (χ3v) is 3.17. The summed E-state index contributed by atoms with van der Waals surface area (Å²) in [6.07, 6.45) is 1.03. The maximum atomic E-state index is 10.6. The number of carboxylic acid groups (broad SMARTS) is 1. The number of non-ortho nitro benzene ring substituents is 1. The Hall–Kier alpha value is -2.11. The predicted molar refractivity (Wildman–Crippen MR) is 65.7 cm³/mol. The summed E-state index contributed by atoms with van der Waals surface area (Å²) in [5.41, 5.74) is 0.980. The van der Waals surface area contributed by atoms with E-state index in [4.69, 9.17) is 5.11 Å². The second-order valence-electron chi connectivity index (χ2n) is 4.47. The Morgan fingerprint density at radius 3 is 2.67 bits per heavy atom. The number of anilines is 1. The molecular formula is C12H14N2O4. The number of nitrogens with zero attached hydrogens (tertiary/aromatic N) is 2. The lowest BCUT2D eigenvalue weighted by Crippen LogP contribution is -2.20. The first-order valence-corrected chi connectivity index (χ1v) is 5.77. The molecule has 96 valence electrons. The quantitative estimate of drug-likeness (QED) is 0.651. The van der Waals surface area contributed by atoms with Gasteiger partial charge in [-0.25, -0.2) is 0 Å². The minimum Gasteiger partial charge on any atom is -0.481 e. The summed E-state index contributed by atoms with van der Waals surface area (Å²) in [6, 6.07) is 6.36. The highest BCUT2D eigenvalue weighted by atomic mass is 16.6. The molecule has 6 nitrogen and oxygen atoms in total. The highest BCUT2D eigenvalue weighted by Crippen LogP contribution is 2.27. The van der Waals surface area contributed by atoms with Gasteiger partial charge in [0.05, 0.1) is 4.92 Å².